The normalized spacial score (nSPS) is 15.7. The van der Waals surface area contributed by atoms with Gasteiger partial charge in [0, 0.05) is 48.8 Å². The summed E-state index contributed by atoms with van der Waals surface area (Å²) in [5.74, 6) is 0. The fraction of sp³-hybridized carbons (Fsp3) is 0.429. The average Bonchev–Trinajstić information content (AvgIpc) is 2.94. The van der Waals surface area contributed by atoms with Gasteiger partial charge in [-0.05, 0) is 50.4 Å². The molecular formula is C21H26N4. The number of benzene rings is 1. The topological polar surface area (TPSA) is 34.0 Å². The number of hydrogen-bond acceptors (Lipinski definition) is 3. The van der Waals surface area contributed by atoms with Crippen molar-refractivity contribution < 1.29 is 0 Å². The lowest BCUT2D eigenvalue weighted by Gasteiger charge is -2.26. The number of aromatic nitrogens is 3. The minimum Gasteiger partial charge on any atom is -0.347 e. The van der Waals surface area contributed by atoms with E-state index in [4.69, 9.17) is 0 Å². The van der Waals surface area contributed by atoms with Crippen molar-refractivity contribution in [2.75, 3.05) is 13.1 Å². The standard InChI is InChI=1S/C21H26N4/c1-24-20-8-4-3-7-18(20)19(16-25-13-5-2-6-14-25)21(24)10-9-17-15-22-11-12-23-17/h3-4,7-8,11-12,15H,2,5-6,9-10,13-14,16H2,1H3. The van der Waals surface area contributed by atoms with Crippen LogP contribution in [0.3, 0.4) is 0 Å². The van der Waals surface area contributed by atoms with Crippen LogP contribution in [0.5, 0.6) is 0 Å². The summed E-state index contributed by atoms with van der Waals surface area (Å²) in [6.45, 7) is 3.52. The zero-order valence-electron chi connectivity index (χ0n) is 15.0. The second-order valence-corrected chi connectivity index (χ2v) is 7.03. The molecule has 0 amide bonds. The van der Waals surface area contributed by atoms with Gasteiger partial charge in [-0.25, -0.2) is 0 Å². The van der Waals surface area contributed by atoms with Gasteiger partial charge in [0.15, 0.2) is 0 Å². The lowest BCUT2D eigenvalue weighted by atomic mass is 10.0. The predicted octanol–water partition coefficient (Wildman–Crippen LogP) is 3.74. The minimum absolute atomic E-state index is 0.936. The van der Waals surface area contributed by atoms with Gasteiger partial charge >= 0.3 is 0 Å². The molecule has 0 aliphatic carbocycles. The molecule has 130 valence electrons. The van der Waals surface area contributed by atoms with Crippen LogP contribution in [-0.2, 0) is 26.4 Å². The van der Waals surface area contributed by atoms with Crippen LogP contribution in [0, 0.1) is 0 Å². The zero-order chi connectivity index (χ0) is 17.1. The molecule has 0 saturated carbocycles. The molecule has 4 nitrogen and oxygen atoms in total. The SMILES string of the molecule is Cn1c(CCc2cnccn2)c(CN2CCCCC2)c2ccccc21. The second kappa shape index (κ2) is 7.36. The fourth-order valence-corrected chi connectivity index (χ4v) is 4.07. The maximum atomic E-state index is 4.44. The molecule has 3 heterocycles. The van der Waals surface area contributed by atoms with Crippen LogP contribution in [0.25, 0.3) is 10.9 Å². The van der Waals surface area contributed by atoms with Crippen molar-refractivity contribution in [2.24, 2.45) is 7.05 Å². The largest absolute Gasteiger partial charge is 0.347 e. The second-order valence-electron chi connectivity index (χ2n) is 7.03. The Kier molecular flexibility index (Phi) is 4.79. The highest BCUT2D eigenvalue weighted by molar-refractivity contribution is 5.85. The summed E-state index contributed by atoms with van der Waals surface area (Å²) in [4.78, 5) is 11.3. The van der Waals surface area contributed by atoms with E-state index in [1.807, 2.05) is 6.20 Å². The molecule has 3 aromatic rings. The van der Waals surface area contributed by atoms with Crippen molar-refractivity contribution in [1.82, 2.24) is 19.4 Å². The maximum Gasteiger partial charge on any atom is 0.0590 e. The first kappa shape index (κ1) is 16.3. The van der Waals surface area contributed by atoms with Crippen LogP contribution in [-0.4, -0.2) is 32.5 Å². The highest BCUT2D eigenvalue weighted by atomic mass is 15.1. The first-order valence-corrected chi connectivity index (χ1v) is 9.35. The molecule has 1 aromatic carbocycles. The van der Waals surface area contributed by atoms with Crippen LogP contribution < -0.4 is 0 Å². The molecule has 1 saturated heterocycles. The van der Waals surface area contributed by atoms with Gasteiger partial charge in [-0.15, -0.1) is 0 Å². The van der Waals surface area contributed by atoms with Crippen molar-refractivity contribution in [3.05, 3.63) is 59.8 Å². The molecule has 1 aliphatic heterocycles. The van der Waals surface area contributed by atoms with Crippen LogP contribution in [0.15, 0.2) is 42.9 Å². The Morgan fingerprint density at radius 1 is 1.00 bits per heavy atom. The van der Waals surface area contributed by atoms with Crippen LogP contribution >= 0.6 is 0 Å². The summed E-state index contributed by atoms with van der Waals surface area (Å²) in [5, 5.41) is 1.41. The van der Waals surface area contributed by atoms with Crippen LogP contribution in [0.1, 0.15) is 36.2 Å². The molecule has 0 bridgehead atoms. The average molecular weight is 334 g/mol. The lowest BCUT2D eigenvalue weighted by molar-refractivity contribution is 0.221. The van der Waals surface area contributed by atoms with Gasteiger partial charge in [-0.2, -0.15) is 0 Å². The lowest BCUT2D eigenvalue weighted by Crippen LogP contribution is -2.29. The van der Waals surface area contributed by atoms with E-state index in [0.717, 1.165) is 25.1 Å². The smallest absolute Gasteiger partial charge is 0.0590 e. The summed E-state index contributed by atoms with van der Waals surface area (Å²) in [5.41, 5.74) is 5.35. The molecule has 0 radical (unpaired) electrons. The maximum absolute atomic E-state index is 4.44. The first-order valence-electron chi connectivity index (χ1n) is 9.35. The summed E-state index contributed by atoms with van der Waals surface area (Å²) < 4.78 is 2.38. The molecule has 0 N–H and O–H groups in total. The molecule has 0 unspecified atom stereocenters. The third-order valence-corrected chi connectivity index (χ3v) is 5.41. The number of fused-ring (bicyclic) bond motifs is 1. The third-order valence-electron chi connectivity index (χ3n) is 5.41. The van der Waals surface area contributed by atoms with Crippen LogP contribution in [0.4, 0.5) is 0 Å². The summed E-state index contributed by atoms with van der Waals surface area (Å²) >= 11 is 0. The Hall–Kier alpha value is -2.20. The third kappa shape index (κ3) is 3.45. The van der Waals surface area contributed by atoms with Crippen molar-refractivity contribution in [3.63, 3.8) is 0 Å². The van der Waals surface area contributed by atoms with Gasteiger partial charge in [0.25, 0.3) is 0 Å². The van der Waals surface area contributed by atoms with Crippen molar-refractivity contribution in [2.45, 2.75) is 38.6 Å². The minimum atomic E-state index is 0.936. The summed E-state index contributed by atoms with van der Waals surface area (Å²) in [6.07, 6.45) is 11.4. The van der Waals surface area contributed by atoms with E-state index in [9.17, 15) is 0 Å². The number of likely N-dealkylation sites (tertiary alicyclic amines) is 1. The molecule has 1 aliphatic rings. The molecule has 0 atom stereocenters. The summed E-state index contributed by atoms with van der Waals surface area (Å²) in [6, 6.07) is 8.81. The van der Waals surface area contributed by atoms with Gasteiger partial charge in [0.1, 0.15) is 0 Å². The van der Waals surface area contributed by atoms with E-state index in [2.05, 4.69) is 50.7 Å². The molecular weight excluding hydrogens is 308 g/mol. The number of nitrogens with zero attached hydrogens (tertiary/aromatic N) is 4. The number of para-hydroxylation sites is 1. The van der Waals surface area contributed by atoms with Gasteiger partial charge < -0.3 is 4.57 Å². The van der Waals surface area contributed by atoms with Gasteiger partial charge in [0.2, 0.25) is 0 Å². The Morgan fingerprint density at radius 3 is 2.64 bits per heavy atom. The Morgan fingerprint density at radius 2 is 1.84 bits per heavy atom. The van der Waals surface area contributed by atoms with Gasteiger partial charge in [-0.3, -0.25) is 14.9 Å². The summed E-state index contributed by atoms with van der Waals surface area (Å²) in [7, 11) is 2.20. The highest BCUT2D eigenvalue weighted by Gasteiger charge is 2.19. The molecule has 0 spiro atoms. The van der Waals surface area contributed by atoms with Crippen molar-refractivity contribution in [1.29, 1.82) is 0 Å². The molecule has 4 heteroatoms. The zero-order valence-corrected chi connectivity index (χ0v) is 15.0. The van der Waals surface area contributed by atoms with E-state index in [1.54, 1.807) is 12.4 Å². The number of rotatable bonds is 5. The fourth-order valence-electron chi connectivity index (χ4n) is 4.07. The van der Waals surface area contributed by atoms with Crippen LogP contribution in [0.2, 0.25) is 0 Å². The molecule has 4 rings (SSSR count). The van der Waals surface area contributed by atoms with Crippen molar-refractivity contribution in [3.8, 4) is 0 Å². The van der Waals surface area contributed by atoms with E-state index < -0.39 is 0 Å². The van der Waals surface area contributed by atoms with E-state index in [0.29, 0.717) is 0 Å². The highest BCUT2D eigenvalue weighted by Crippen LogP contribution is 2.28. The quantitative estimate of drug-likeness (QED) is 0.713. The molecule has 25 heavy (non-hydrogen) atoms. The number of aryl methyl sites for hydroxylation is 2. The number of piperidine rings is 1. The number of hydrogen-bond donors (Lipinski definition) is 0. The van der Waals surface area contributed by atoms with E-state index in [-0.39, 0.29) is 0 Å². The Bertz CT molecular complexity index is 832. The molecule has 2 aromatic heterocycles. The van der Waals surface area contributed by atoms with Crippen molar-refractivity contribution >= 4 is 10.9 Å². The van der Waals surface area contributed by atoms with Gasteiger partial charge in [0.05, 0.1) is 5.69 Å². The Balaban J connectivity index is 1.65. The van der Waals surface area contributed by atoms with E-state index in [1.165, 1.54) is 54.5 Å². The Labute approximate surface area is 149 Å². The van der Waals surface area contributed by atoms with E-state index >= 15 is 0 Å². The molecule has 1 fully saturated rings. The predicted molar refractivity (Wildman–Crippen MR) is 101 cm³/mol. The van der Waals surface area contributed by atoms with Gasteiger partial charge in [-0.1, -0.05) is 24.6 Å². The first-order chi connectivity index (χ1) is 12.3. The monoisotopic (exact) mass is 334 g/mol.